The van der Waals surface area contributed by atoms with Crippen LogP contribution in [0.15, 0.2) is 12.1 Å². The maximum Gasteiger partial charge on any atom is 0.225 e. The van der Waals surface area contributed by atoms with Crippen LogP contribution >= 0.6 is 11.6 Å². The maximum absolute atomic E-state index is 11.7. The number of nitrogens with one attached hydrogen (secondary N) is 2. The van der Waals surface area contributed by atoms with Crippen molar-refractivity contribution >= 4 is 23.2 Å². The summed E-state index contributed by atoms with van der Waals surface area (Å²) in [6.07, 6.45) is 0.390. The molecule has 0 unspecified atom stereocenters. The lowest BCUT2D eigenvalue weighted by Gasteiger charge is -2.13. The molecule has 0 fully saturated rings. The van der Waals surface area contributed by atoms with E-state index in [0.717, 1.165) is 6.54 Å². The number of carbonyl (C=O) groups excluding carboxylic acids is 1. The molecule has 0 aliphatic heterocycles. The molecule has 0 aliphatic carbocycles. The van der Waals surface area contributed by atoms with Crippen LogP contribution in [0.5, 0.6) is 11.5 Å². The summed E-state index contributed by atoms with van der Waals surface area (Å²) in [7, 11) is 3.05. The van der Waals surface area contributed by atoms with Gasteiger partial charge in [0, 0.05) is 19.0 Å². The van der Waals surface area contributed by atoms with Crippen LogP contribution < -0.4 is 20.1 Å². The Morgan fingerprint density at radius 1 is 1.26 bits per heavy atom. The maximum atomic E-state index is 11.7. The average Bonchev–Trinajstić information content (AvgIpc) is 2.39. The van der Waals surface area contributed by atoms with Gasteiger partial charge >= 0.3 is 0 Å². The van der Waals surface area contributed by atoms with Gasteiger partial charge in [-0.05, 0) is 12.6 Å². The molecular formula is C13H19ClN2O3. The summed E-state index contributed by atoms with van der Waals surface area (Å²) in [5, 5.41) is 6.28. The molecule has 1 rings (SSSR count). The molecule has 0 saturated heterocycles. The standard InChI is InChI=1S/C13H19ClN2O3/c1-4-15-6-5-13(17)16-10-7-9(14)11(18-2)8-12(10)19-3/h7-8,15H,4-6H2,1-3H3,(H,16,17). The highest BCUT2D eigenvalue weighted by atomic mass is 35.5. The van der Waals surface area contributed by atoms with Gasteiger partial charge in [0.05, 0.1) is 24.9 Å². The van der Waals surface area contributed by atoms with Crippen molar-refractivity contribution in [1.29, 1.82) is 0 Å². The highest BCUT2D eigenvalue weighted by molar-refractivity contribution is 6.32. The Kier molecular flexibility index (Phi) is 6.45. The molecule has 0 saturated carbocycles. The van der Waals surface area contributed by atoms with Crippen LogP contribution in [0.25, 0.3) is 0 Å². The second-order valence-electron chi connectivity index (χ2n) is 3.84. The summed E-state index contributed by atoms with van der Waals surface area (Å²) in [6, 6.07) is 3.26. The first-order valence-corrected chi connectivity index (χ1v) is 6.42. The van der Waals surface area contributed by atoms with Crippen molar-refractivity contribution < 1.29 is 14.3 Å². The predicted molar refractivity (Wildman–Crippen MR) is 76.3 cm³/mol. The first-order valence-electron chi connectivity index (χ1n) is 6.04. The smallest absolute Gasteiger partial charge is 0.225 e. The zero-order valence-corrected chi connectivity index (χ0v) is 12.1. The van der Waals surface area contributed by atoms with Crippen LogP contribution in [0.3, 0.4) is 0 Å². The molecule has 0 heterocycles. The van der Waals surface area contributed by atoms with Crippen molar-refractivity contribution in [3.05, 3.63) is 17.2 Å². The fourth-order valence-corrected chi connectivity index (χ4v) is 1.79. The molecule has 0 radical (unpaired) electrons. The summed E-state index contributed by atoms with van der Waals surface area (Å²) in [5.41, 5.74) is 0.537. The van der Waals surface area contributed by atoms with Crippen molar-refractivity contribution in [2.45, 2.75) is 13.3 Å². The highest BCUT2D eigenvalue weighted by Gasteiger charge is 2.12. The summed E-state index contributed by atoms with van der Waals surface area (Å²) in [6.45, 7) is 3.46. The average molecular weight is 287 g/mol. The molecule has 5 nitrogen and oxygen atoms in total. The molecule has 0 atom stereocenters. The molecule has 6 heteroatoms. The van der Waals surface area contributed by atoms with Crippen LogP contribution in [-0.4, -0.2) is 33.2 Å². The molecule has 106 valence electrons. The summed E-state index contributed by atoms with van der Waals surface area (Å²) in [4.78, 5) is 11.7. The zero-order chi connectivity index (χ0) is 14.3. The van der Waals surface area contributed by atoms with Crippen LogP contribution in [0.1, 0.15) is 13.3 Å². The summed E-state index contributed by atoms with van der Waals surface area (Å²) < 4.78 is 10.3. The fraction of sp³-hybridized carbons (Fsp3) is 0.462. The Morgan fingerprint density at radius 2 is 1.95 bits per heavy atom. The second kappa shape index (κ2) is 7.86. The van der Waals surface area contributed by atoms with Gasteiger partial charge in [-0.2, -0.15) is 0 Å². The highest BCUT2D eigenvalue weighted by Crippen LogP contribution is 2.35. The van der Waals surface area contributed by atoms with Crippen molar-refractivity contribution in [3.63, 3.8) is 0 Å². The molecule has 1 aromatic rings. The number of hydrogen-bond donors (Lipinski definition) is 2. The normalized spacial score (nSPS) is 10.1. The largest absolute Gasteiger partial charge is 0.495 e. The third kappa shape index (κ3) is 4.61. The number of halogens is 1. The number of amides is 1. The van der Waals surface area contributed by atoms with Crippen LogP contribution in [0.4, 0.5) is 5.69 Å². The van der Waals surface area contributed by atoms with Crippen LogP contribution in [0.2, 0.25) is 5.02 Å². The van der Waals surface area contributed by atoms with E-state index in [1.54, 1.807) is 12.1 Å². The van der Waals surface area contributed by atoms with E-state index in [2.05, 4.69) is 10.6 Å². The minimum atomic E-state index is -0.0968. The first-order chi connectivity index (χ1) is 9.12. The van der Waals surface area contributed by atoms with Gasteiger partial charge in [-0.15, -0.1) is 0 Å². The number of benzene rings is 1. The van der Waals surface area contributed by atoms with Crippen molar-refractivity contribution in [2.75, 3.05) is 32.6 Å². The molecule has 0 bridgehead atoms. The number of rotatable bonds is 7. The Hall–Kier alpha value is -1.46. The molecule has 0 aliphatic rings. The minimum Gasteiger partial charge on any atom is -0.495 e. The fourth-order valence-electron chi connectivity index (χ4n) is 1.55. The number of anilines is 1. The van der Waals surface area contributed by atoms with Gasteiger partial charge in [0.15, 0.2) is 0 Å². The van der Waals surface area contributed by atoms with Crippen molar-refractivity contribution in [1.82, 2.24) is 5.32 Å². The van der Waals surface area contributed by atoms with Gasteiger partial charge in [0.1, 0.15) is 11.5 Å². The topological polar surface area (TPSA) is 59.6 Å². The Labute approximate surface area is 118 Å². The molecule has 1 aromatic carbocycles. The van der Waals surface area contributed by atoms with Crippen LogP contribution in [0, 0.1) is 0 Å². The lowest BCUT2D eigenvalue weighted by Crippen LogP contribution is -2.21. The van der Waals surface area contributed by atoms with E-state index in [9.17, 15) is 4.79 Å². The number of ether oxygens (including phenoxy) is 2. The van der Waals surface area contributed by atoms with Gasteiger partial charge in [-0.25, -0.2) is 0 Å². The monoisotopic (exact) mass is 286 g/mol. The van der Waals surface area contributed by atoms with Crippen molar-refractivity contribution in [2.24, 2.45) is 0 Å². The first kappa shape index (κ1) is 15.6. The Balaban J connectivity index is 2.76. The Morgan fingerprint density at radius 3 is 2.53 bits per heavy atom. The van der Waals surface area contributed by atoms with Gasteiger partial charge in [0.2, 0.25) is 5.91 Å². The van der Waals surface area contributed by atoms with Gasteiger partial charge in [-0.1, -0.05) is 18.5 Å². The SMILES string of the molecule is CCNCCC(=O)Nc1cc(Cl)c(OC)cc1OC. The molecular weight excluding hydrogens is 268 g/mol. The predicted octanol–water partition coefficient (Wildman–Crippen LogP) is 2.30. The molecule has 0 aromatic heterocycles. The van der Waals surface area contributed by atoms with Crippen LogP contribution in [-0.2, 0) is 4.79 Å². The number of carbonyl (C=O) groups is 1. The van der Waals surface area contributed by atoms with E-state index in [-0.39, 0.29) is 5.91 Å². The lowest BCUT2D eigenvalue weighted by molar-refractivity contribution is -0.116. The second-order valence-corrected chi connectivity index (χ2v) is 4.25. The quantitative estimate of drug-likeness (QED) is 0.755. The van der Waals surface area contributed by atoms with Gasteiger partial charge < -0.3 is 20.1 Å². The third-order valence-corrected chi connectivity index (χ3v) is 2.82. The van der Waals surface area contributed by atoms with E-state index in [1.807, 2.05) is 6.92 Å². The van der Waals surface area contributed by atoms with Crippen molar-refractivity contribution in [3.8, 4) is 11.5 Å². The summed E-state index contributed by atoms with van der Waals surface area (Å²) in [5.74, 6) is 0.919. The van der Waals surface area contributed by atoms with E-state index in [4.69, 9.17) is 21.1 Å². The summed E-state index contributed by atoms with van der Waals surface area (Å²) >= 11 is 6.02. The van der Waals surface area contributed by atoms with Gasteiger partial charge in [0.25, 0.3) is 0 Å². The third-order valence-electron chi connectivity index (χ3n) is 2.53. The number of methoxy groups -OCH3 is 2. The van der Waals surface area contributed by atoms with E-state index in [0.29, 0.717) is 35.2 Å². The zero-order valence-electron chi connectivity index (χ0n) is 11.4. The molecule has 19 heavy (non-hydrogen) atoms. The molecule has 2 N–H and O–H groups in total. The minimum absolute atomic E-state index is 0.0968. The van der Waals surface area contributed by atoms with E-state index >= 15 is 0 Å². The van der Waals surface area contributed by atoms with Gasteiger partial charge in [-0.3, -0.25) is 4.79 Å². The number of hydrogen-bond acceptors (Lipinski definition) is 4. The Bertz CT molecular complexity index is 438. The molecule has 0 spiro atoms. The molecule has 1 amide bonds. The van der Waals surface area contributed by atoms with E-state index < -0.39 is 0 Å². The lowest BCUT2D eigenvalue weighted by atomic mass is 10.2. The van der Waals surface area contributed by atoms with E-state index in [1.165, 1.54) is 14.2 Å².